The number of aryl methyl sites for hydroxylation is 1. The minimum Gasteiger partial charge on any atom is -0.507 e. The van der Waals surface area contributed by atoms with Crippen LogP contribution in [0.3, 0.4) is 0 Å². The highest BCUT2D eigenvalue weighted by molar-refractivity contribution is 6.74. The Hall–Kier alpha value is -1.06. The summed E-state index contributed by atoms with van der Waals surface area (Å²) < 4.78 is 6.12. The van der Waals surface area contributed by atoms with Gasteiger partial charge in [0.15, 0.2) is 8.32 Å². The second kappa shape index (κ2) is 6.37. The van der Waals surface area contributed by atoms with Gasteiger partial charge in [-0.25, -0.2) is 0 Å². The van der Waals surface area contributed by atoms with Gasteiger partial charge in [0.2, 0.25) is 0 Å². The second-order valence-corrected chi connectivity index (χ2v) is 12.2. The fourth-order valence-electron chi connectivity index (χ4n) is 1.93. The molecule has 0 amide bonds. The summed E-state index contributed by atoms with van der Waals surface area (Å²) in [5.41, 5.74) is 4.39. The number of hydrogen-bond donors (Lipinski definition) is 1. The molecular formula is C18H30O2Si. The van der Waals surface area contributed by atoms with E-state index in [4.69, 9.17) is 4.43 Å². The van der Waals surface area contributed by atoms with Gasteiger partial charge in [-0.15, -0.1) is 0 Å². The van der Waals surface area contributed by atoms with E-state index in [1.54, 1.807) is 0 Å². The second-order valence-electron chi connectivity index (χ2n) is 7.35. The molecule has 0 radical (unpaired) electrons. The van der Waals surface area contributed by atoms with E-state index in [0.717, 1.165) is 16.7 Å². The lowest BCUT2D eigenvalue weighted by molar-refractivity contribution is 0.328. The Balaban J connectivity index is 2.83. The number of phenolic OH excluding ortho intramolecular Hbond substituents is 1. The van der Waals surface area contributed by atoms with Gasteiger partial charge in [-0.3, -0.25) is 0 Å². The molecule has 0 atom stereocenters. The Morgan fingerprint density at radius 1 is 1.14 bits per heavy atom. The molecule has 1 aromatic rings. The van der Waals surface area contributed by atoms with Gasteiger partial charge in [0.25, 0.3) is 0 Å². The van der Waals surface area contributed by atoms with Crippen molar-refractivity contribution in [1.29, 1.82) is 0 Å². The minimum absolute atomic E-state index is 0.222. The first-order valence-corrected chi connectivity index (χ1v) is 10.5. The van der Waals surface area contributed by atoms with Crippen LogP contribution in [0.15, 0.2) is 12.1 Å². The van der Waals surface area contributed by atoms with E-state index in [0.29, 0.717) is 12.4 Å². The van der Waals surface area contributed by atoms with Gasteiger partial charge in [0, 0.05) is 5.56 Å². The molecule has 21 heavy (non-hydrogen) atoms. The van der Waals surface area contributed by atoms with Crippen molar-refractivity contribution >= 4 is 14.4 Å². The van der Waals surface area contributed by atoms with Crippen LogP contribution < -0.4 is 0 Å². The number of rotatable bonds is 4. The standard InChI is InChI=1S/C18H30O2Si/c1-13-12-17(19)16(15(3)14(13)2)10-9-11-20-21(7,8)18(4,5)6/h9-10,12,19H,11H2,1-8H3/b10-9-. The van der Waals surface area contributed by atoms with Crippen LogP contribution in [0, 0.1) is 20.8 Å². The van der Waals surface area contributed by atoms with E-state index in [1.807, 2.05) is 25.1 Å². The fourth-order valence-corrected chi connectivity index (χ4v) is 2.88. The summed E-state index contributed by atoms with van der Waals surface area (Å²) in [7, 11) is -1.70. The third-order valence-corrected chi connectivity index (χ3v) is 9.32. The first-order valence-electron chi connectivity index (χ1n) is 7.57. The smallest absolute Gasteiger partial charge is 0.192 e. The molecule has 0 aliphatic heterocycles. The molecule has 0 aliphatic carbocycles. The molecule has 0 aliphatic rings. The van der Waals surface area contributed by atoms with Gasteiger partial charge in [-0.05, 0) is 61.7 Å². The molecule has 1 N–H and O–H groups in total. The van der Waals surface area contributed by atoms with E-state index in [9.17, 15) is 5.11 Å². The molecule has 2 nitrogen and oxygen atoms in total. The molecule has 0 aromatic heterocycles. The van der Waals surface area contributed by atoms with Crippen LogP contribution >= 0.6 is 0 Å². The van der Waals surface area contributed by atoms with Gasteiger partial charge in [-0.2, -0.15) is 0 Å². The van der Waals surface area contributed by atoms with Crippen molar-refractivity contribution < 1.29 is 9.53 Å². The van der Waals surface area contributed by atoms with Crippen LogP contribution in [0.2, 0.25) is 18.1 Å². The lowest BCUT2D eigenvalue weighted by Crippen LogP contribution is -2.40. The average molecular weight is 307 g/mol. The summed E-state index contributed by atoms with van der Waals surface area (Å²) in [5.74, 6) is 0.346. The van der Waals surface area contributed by atoms with Crippen molar-refractivity contribution in [3.8, 4) is 5.75 Å². The van der Waals surface area contributed by atoms with Crippen molar-refractivity contribution in [2.24, 2.45) is 0 Å². The van der Waals surface area contributed by atoms with Gasteiger partial charge in [-0.1, -0.05) is 32.9 Å². The van der Waals surface area contributed by atoms with E-state index >= 15 is 0 Å². The molecule has 0 bridgehead atoms. The van der Waals surface area contributed by atoms with Crippen LogP contribution in [0.4, 0.5) is 0 Å². The Morgan fingerprint density at radius 3 is 2.24 bits per heavy atom. The summed E-state index contributed by atoms with van der Waals surface area (Å²) in [6.45, 7) is 18.0. The van der Waals surface area contributed by atoms with E-state index in [2.05, 4.69) is 47.7 Å². The first-order chi connectivity index (χ1) is 9.47. The largest absolute Gasteiger partial charge is 0.507 e. The lowest BCUT2D eigenvalue weighted by Gasteiger charge is -2.35. The molecule has 0 saturated carbocycles. The molecule has 0 heterocycles. The van der Waals surface area contributed by atoms with Crippen molar-refractivity contribution in [2.75, 3.05) is 6.61 Å². The number of phenols is 1. The van der Waals surface area contributed by atoms with Crippen molar-refractivity contribution in [3.63, 3.8) is 0 Å². The summed E-state index contributed by atoms with van der Waals surface area (Å²) in [6, 6.07) is 1.83. The van der Waals surface area contributed by atoms with Gasteiger partial charge < -0.3 is 9.53 Å². The maximum atomic E-state index is 10.1. The molecule has 0 spiro atoms. The summed E-state index contributed by atoms with van der Waals surface area (Å²) in [5, 5.41) is 10.3. The predicted molar refractivity (Wildman–Crippen MR) is 94.5 cm³/mol. The first kappa shape index (κ1) is 18.0. The van der Waals surface area contributed by atoms with Crippen molar-refractivity contribution in [1.82, 2.24) is 0 Å². The normalized spacial score (nSPS) is 13.1. The van der Waals surface area contributed by atoms with Gasteiger partial charge in [0.05, 0.1) is 6.61 Å². The topological polar surface area (TPSA) is 29.5 Å². The average Bonchev–Trinajstić information content (AvgIpc) is 2.33. The molecule has 1 rings (SSSR count). The molecule has 0 unspecified atom stereocenters. The van der Waals surface area contributed by atoms with Gasteiger partial charge >= 0.3 is 0 Å². The van der Waals surface area contributed by atoms with E-state index < -0.39 is 8.32 Å². The van der Waals surface area contributed by atoms with Crippen molar-refractivity contribution in [2.45, 2.75) is 59.7 Å². The van der Waals surface area contributed by atoms with E-state index in [1.165, 1.54) is 5.56 Å². The van der Waals surface area contributed by atoms with E-state index in [-0.39, 0.29) is 5.04 Å². The van der Waals surface area contributed by atoms with Gasteiger partial charge in [0.1, 0.15) is 5.75 Å². The summed E-state index contributed by atoms with van der Waals surface area (Å²) in [4.78, 5) is 0. The Bertz CT molecular complexity index is 537. The quantitative estimate of drug-likeness (QED) is 0.760. The fraction of sp³-hybridized carbons (Fsp3) is 0.556. The monoisotopic (exact) mass is 306 g/mol. The SMILES string of the molecule is Cc1cc(O)c(/C=C\CO[Si](C)(C)C(C)(C)C)c(C)c1C. The summed E-state index contributed by atoms with van der Waals surface area (Å²) in [6.07, 6.45) is 3.99. The highest BCUT2D eigenvalue weighted by Crippen LogP contribution is 2.36. The molecule has 0 saturated heterocycles. The molecular weight excluding hydrogens is 276 g/mol. The van der Waals surface area contributed by atoms with Crippen LogP contribution in [0.1, 0.15) is 43.0 Å². The Labute approximate surface area is 131 Å². The Morgan fingerprint density at radius 2 is 1.71 bits per heavy atom. The number of aromatic hydroxyl groups is 1. The van der Waals surface area contributed by atoms with Crippen LogP contribution in [-0.4, -0.2) is 20.0 Å². The third kappa shape index (κ3) is 4.21. The zero-order valence-corrected chi connectivity index (χ0v) is 15.8. The van der Waals surface area contributed by atoms with Crippen LogP contribution in [0.25, 0.3) is 6.08 Å². The zero-order valence-electron chi connectivity index (χ0n) is 14.8. The molecule has 118 valence electrons. The number of hydrogen-bond acceptors (Lipinski definition) is 2. The highest BCUT2D eigenvalue weighted by atomic mass is 28.4. The highest BCUT2D eigenvalue weighted by Gasteiger charge is 2.36. The maximum Gasteiger partial charge on any atom is 0.192 e. The predicted octanol–water partition coefficient (Wildman–Crippen LogP) is 5.35. The maximum absolute atomic E-state index is 10.1. The van der Waals surface area contributed by atoms with Crippen molar-refractivity contribution in [3.05, 3.63) is 34.4 Å². The van der Waals surface area contributed by atoms with Crippen LogP contribution in [-0.2, 0) is 4.43 Å². The number of benzene rings is 1. The Kier molecular flexibility index (Phi) is 5.45. The molecule has 3 heteroatoms. The van der Waals surface area contributed by atoms with Crippen LogP contribution in [0.5, 0.6) is 5.75 Å². The molecule has 0 fully saturated rings. The zero-order chi connectivity index (χ0) is 16.4. The minimum atomic E-state index is -1.70. The summed E-state index contributed by atoms with van der Waals surface area (Å²) >= 11 is 0. The molecule has 1 aromatic carbocycles. The lowest BCUT2D eigenvalue weighted by atomic mass is 9.97. The third-order valence-electron chi connectivity index (χ3n) is 4.82.